The lowest BCUT2D eigenvalue weighted by atomic mass is 9.94. The Morgan fingerprint density at radius 2 is 1.65 bits per heavy atom. The van der Waals surface area contributed by atoms with E-state index >= 15 is 0 Å². The predicted octanol–water partition coefficient (Wildman–Crippen LogP) is 5.98. The number of aliphatic hydroxyl groups excluding tert-OH is 1. The maximum Gasteiger partial charge on any atom is 0.337 e. The molecule has 0 radical (unpaired) electrons. The summed E-state index contributed by atoms with van der Waals surface area (Å²) in [6.07, 6.45) is 0.799. The number of benzene rings is 3. The van der Waals surface area contributed by atoms with Gasteiger partial charge in [-0.15, -0.1) is 0 Å². The number of carbonyl (C=O) groups excluding carboxylic acids is 3. The summed E-state index contributed by atoms with van der Waals surface area (Å²) >= 11 is 12.5. The third kappa shape index (κ3) is 4.80. The van der Waals surface area contributed by atoms with Crippen molar-refractivity contribution >= 4 is 52.3 Å². The zero-order valence-electron chi connectivity index (χ0n) is 20.2. The van der Waals surface area contributed by atoms with Crippen LogP contribution in [0.15, 0.2) is 66.2 Å². The lowest BCUT2D eigenvalue weighted by Gasteiger charge is -2.26. The van der Waals surface area contributed by atoms with E-state index < -0.39 is 29.5 Å². The summed E-state index contributed by atoms with van der Waals surface area (Å²) in [6, 6.07) is 15.4. The van der Waals surface area contributed by atoms with E-state index in [0.29, 0.717) is 11.3 Å². The van der Waals surface area contributed by atoms with Crippen LogP contribution in [0.25, 0.3) is 5.76 Å². The molecule has 3 aromatic carbocycles. The minimum Gasteiger partial charge on any atom is -0.507 e. The van der Waals surface area contributed by atoms with E-state index in [-0.39, 0.29) is 32.5 Å². The van der Waals surface area contributed by atoms with Gasteiger partial charge in [0.1, 0.15) is 11.5 Å². The number of ketones is 1. The van der Waals surface area contributed by atoms with Gasteiger partial charge in [0, 0.05) is 10.7 Å². The second kappa shape index (κ2) is 10.7. The number of aliphatic hydroxyl groups is 1. The molecule has 1 amide bonds. The highest BCUT2D eigenvalue weighted by Gasteiger charge is 2.47. The summed E-state index contributed by atoms with van der Waals surface area (Å²) in [5, 5.41) is 11.8. The number of aryl methyl sites for hydroxylation is 1. The van der Waals surface area contributed by atoms with E-state index in [2.05, 4.69) is 0 Å². The van der Waals surface area contributed by atoms with E-state index in [0.717, 1.165) is 12.0 Å². The number of ether oxygens (including phenoxy) is 2. The van der Waals surface area contributed by atoms with Gasteiger partial charge < -0.3 is 14.6 Å². The summed E-state index contributed by atoms with van der Waals surface area (Å²) in [4.78, 5) is 40.0. The number of Topliss-reactive ketones (excluding diaryl/α,β-unsaturated/α-hetero) is 1. The van der Waals surface area contributed by atoms with Crippen LogP contribution in [0, 0.1) is 0 Å². The summed E-state index contributed by atoms with van der Waals surface area (Å²) in [7, 11) is 2.64. The summed E-state index contributed by atoms with van der Waals surface area (Å²) in [6.45, 7) is 2.01. The molecule has 0 saturated carbocycles. The molecule has 1 aliphatic rings. The standard InChI is InChI=1S/C28H23Cl2NO6/c1-4-15-5-7-16(8-6-15)23-22(24(32)20-13-18(29)14-21(30)26(20)36-2)25(33)27(34)31(23)19-11-9-17(10-12-19)28(35)37-3/h5-14,23,32H,4H2,1-3H3/b24-22+. The molecular weight excluding hydrogens is 517 g/mol. The third-order valence-electron chi connectivity index (χ3n) is 6.18. The first-order valence-corrected chi connectivity index (χ1v) is 12.1. The molecule has 37 heavy (non-hydrogen) atoms. The van der Waals surface area contributed by atoms with Crippen LogP contribution in [0.4, 0.5) is 5.69 Å². The number of hydrogen-bond donors (Lipinski definition) is 1. The van der Waals surface area contributed by atoms with Crippen LogP contribution in [0.2, 0.25) is 10.0 Å². The summed E-state index contributed by atoms with van der Waals surface area (Å²) in [5.41, 5.74) is 2.23. The lowest BCUT2D eigenvalue weighted by Crippen LogP contribution is -2.29. The zero-order valence-corrected chi connectivity index (χ0v) is 21.8. The molecule has 1 atom stereocenters. The number of halogens is 2. The van der Waals surface area contributed by atoms with Crippen LogP contribution in [-0.2, 0) is 20.7 Å². The monoisotopic (exact) mass is 539 g/mol. The minimum absolute atomic E-state index is 0.0780. The molecule has 9 heteroatoms. The van der Waals surface area contributed by atoms with Crippen molar-refractivity contribution in [3.05, 3.63) is 98.5 Å². The number of nitrogens with zero attached hydrogens (tertiary/aromatic N) is 1. The normalized spacial score (nSPS) is 16.7. The van der Waals surface area contributed by atoms with Gasteiger partial charge in [0.2, 0.25) is 0 Å². The first-order chi connectivity index (χ1) is 17.7. The molecule has 1 unspecified atom stereocenters. The fourth-order valence-electron chi connectivity index (χ4n) is 4.31. The maximum absolute atomic E-state index is 13.4. The Morgan fingerprint density at radius 3 is 2.22 bits per heavy atom. The molecule has 1 heterocycles. The molecule has 1 saturated heterocycles. The number of amides is 1. The molecule has 1 fully saturated rings. The van der Waals surface area contributed by atoms with Crippen LogP contribution in [0.5, 0.6) is 5.75 Å². The number of anilines is 1. The second-order valence-corrected chi connectivity index (χ2v) is 9.11. The summed E-state index contributed by atoms with van der Waals surface area (Å²) < 4.78 is 10.1. The van der Waals surface area contributed by atoms with Crippen LogP contribution in [-0.4, -0.2) is 37.0 Å². The maximum atomic E-state index is 13.4. The van der Waals surface area contributed by atoms with E-state index in [1.807, 2.05) is 19.1 Å². The SMILES string of the molecule is CCc1ccc(C2/C(=C(\O)c3cc(Cl)cc(Cl)c3OC)C(=O)C(=O)N2c2ccc(C(=O)OC)cc2)cc1. The number of hydrogen-bond acceptors (Lipinski definition) is 6. The van der Waals surface area contributed by atoms with Crippen molar-refractivity contribution in [1.82, 2.24) is 0 Å². The largest absolute Gasteiger partial charge is 0.507 e. The molecular formula is C28H23Cl2NO6. The van der Waals surface area contributed by atoms with Gasteiger partial charge in [0.25, 0.3) is 11.7 Å². The topological polar surface area (TPSA) is 93.1 Å². The number of carbonyl (C=O) groups is 3. The van der Waals surface area contributed by atoms with Gasteiger partial charge in [-0.05, 0) is 53.9 Å². The molecule has 3 aromatic rings. The highest BCUT2D eigenvalue weighted by atomic mass is 35.5. The van der Waals surface area contributed by atoms with Crippen LogP contribution in [0.3, 0.4) is 0 Å². The molecule has 7 nitrogen and oxygen atoms in total. The summed E-state index contributed by atoms with van der Waals surface area (Å²) in [5.74, 6) is -2.64. The highest BCUT2D eigenvalue weighted by Crippen LogP contribution is 2.45. The van der Waals surface area contributed by atoms with Crippen LogP contribution < -0.4 is 9.64 Å². The predicted molar refractivity (Wildman–Crippen MR) is 141 cm³/mol. The van der Waals surface area contributed by atoms with E-state index in [9.17, 15) is 19.5 Å². The highest BCUT2D eigenvalue weighted by molar-refractivity contribution is 6.52. The second-order valence-electron chi connectivity index (χ2n) is 8.27. The van der Waals surface area contributed by atoms with Crippen molar-refractivity contribution in [2.24, 2.45) is 0 Å². The molecule has 1 N–H and O–H groups in total. The van der Waals surface area contributed by atoms with Crippen molar-refractivity contribution in [3.8, 4) is 5.75 Å². The Morgan fingerprint density at radius 1 is 1.00 bits per heavy atom. The molecule has 0 spiro atoms. The van der Waals surface area contributed by atoms with Gasteiger partial charge in [0.05, 0.1) is 42.0 Å². The van der Waals surface area contributed by atoms with Crippen LogP contribution >= 0.6 is 23.2 Å². The van der Waals surface area contributed by atoms with Gasteiger partial charge in [-0.3, -0.25) is 14.5 Å². The van der Waals surface area contributed by atoms with Crippen molar-refractivity contribution in [1.29, 1.82) is 0 Å². The Hall–Kier alpha value is -3.81. The fourth-order valence-corrected chi connectivity index (χ4v) is 4.89. The van der Waals surface area contributed by atoms with Crippen molar-refractivity contribution in [2.75, 3.05) is 19.1 Å². The molecule has 0 bridgehead atoms. The first-order valence-electron chi connectivity index (χ1n) is 11.3. The number of rotatable bonds is 6. The Labute approximate surface area is 223 Å². The van der Waals surface area contributed by atoms with E-state index in [4.69, 9.17) is 32.7 Å². The smallest absolute Gasteiger partial charge is 0.337 e. The van der Waals surface area contributed by atoms with Gasteiger partial charge in [-0.2, -0.15) is 0 Å². The number of methoxy groups -OCH3 is 2. The van der Waals surface area contributed by atoms with Crippen molar-refractivity contribution in [2.45, 2.75) is 19.4 Å². The Balaban J connectivity index is 1.95. The average molecular weight is 540 g/mol. The first kappa shape index (κ1) is 26.3. The zero-order chi connectivity index (χ0) is 26.9. The molecule has 4 rings (SSSR count). The Kier molecular flexibility index (Phi) is 7.57. The van der Waals surface area contributed by atoms with E-state index in [1.165, 1.54) is 43.4 Å². The molecule has 1 aliphatic heterocycles. The Bertz CT molecular complexity index is 1410. The van der Waals surface area contributed by atoms with Crippen LogP contribution in [0.1, 0.15) is 40.0 Å². The van der Waals surface area contributed by atoms with Crippen molar-refractivity contribution < 1.29 is 29.0 Å². The van der Waals surface area contributed by atoms with Gasteiger partial charge >= 0.3 is 5.97 Å². The number of esters is 1. The van der Waals surface area contributed by atoms with Gasteiger partial charge in [0.15, 0.2) is 0 Å². The quantitative estimate of drug-likeness (QED) is 0.179. The van der Waals surface area contributed by atoms with Gasteiger partial charge in [-0.25, -0.2) is 4.79 Å². The van der Waals surface area contributed by atoms with E-state index in [1.54, 1.807) is 24.3 Å². The molecule has 0 aliphatic carbocycles. The molecule has 190 valence electrons. The van der Waals surface area contributed by atoms with Crippen molar-refractivity contribution in [3.63, 3.8) is 0 Å². The average Bonchev–Trinajstić information content (AvgIpc) is 3.17. The lowest BCUT2D eigenvalue weighted by molar-refractivity contribution is -0.132. The minimum atomic E-state index is -0.975. The van der Waals surface area contributed by atoms with Gasteiger partial charge in [-0.1, -0.05) is 54.4 Å². The molecule has 0 aromatic heterocycles. The third-order valence-corrected chi connectivity index (χ3v) is 6.68. The fraction of sp³-hybridized carbons (Fsp3) is 0.179.